The second kappa shape index (κ2) is 9.72. The molecule has 0 atom stereocenters. The van der Waals surface area contributed by atoms with Gasteiger partial charge in [-0.15, -0.1) is 0 Å². The van der Waals surface area contributed by atoms with Crippen LogP contribution in [0.3, 0.4) is 0 Å². The van der Waals surface area contributed by atoms with Gasteiger partial charge >= 0.3 is 0 Å². The van der Waals surface area contributed by atoms with E-state index in [1.165, 1.54) is 0 Å². The van der Waals surface area contributed by atoms with Gasteiger partial charge < -0.3 is 25.0 Å². The molecule has 0 saturated carbocycles. The van der Waals surface area contributed by atoms with E-state index < -0.39 is 0 Å². The Morgan fingerprint density at radius 3 is 2.74 bits per heavy atom. The summed E-state index contributed by atoms with van der Waals surface area (Å²) in [6.07, 6.45) is 0. The maximum atomic E-state index is 11.8. The van der Waals surface area contributed by atoms with Gasteiger partial charge in [0.15, 0.2) is 6.61 Å². The van der Waals surface area contributed by atoms with Gasteiger partial charge in [0.1, 0.15) is 11.6 Å². The van der Waals surface area contributed by atoms with E-state index in [-0.39, 0.29) is 12.5 Å². The average Bonchev–Trinajstić information content (AvgIpc) is 2.71. The molecule has 1 aromatic carbocycles. The van der Waals surface area contributed by atoms with Gasteiger partial charge in [-0.25, -0.2) is 4.98 Å². The zero-order valence-electron chi connectivity index (χ0n) is 15.5. The lowest BCUT2D eigenvalue weighted by Gasteiger charge is -2.28. The molecule has 0 spiro atoms. The fourth-order valence-corrected chi connectivity index (χ4v) is 2.68. The Bertz CT molecular complexity index is 735. The lowest BCUT2D eigenvalue weighted by Crippen LogP contribution is -2.37. The molecule has 3 rings (SSSR count). The van der Waals surface area contributed by atoms with E-state index in [1.54, 1.807) is 0 Å². The lowest BCUT2D eigenvalue weighted by atomic mass is 10.3. The molecule has 2 N–H and O–H groups in total. The Hall–Kier alpha value is -2.87. The van der Waals surface area contributed by atoms with E-state index >= 15 is 0 Å². The third kappa shape index (κ3) is 6.10. The monoisotopic (exact) mass is 371 g/mol. The Morgan fingerprint density at radius 1 is 1.19 bits per heavy atom. The fraction of sp³-hybridized carbons (Fsp3) is 0.421. The van der Waals surface area contributed by atoms with E-state index in [2.05, 4.69) is 25.5 Å². The quantitative estimate of drug-likeness (QED) is 0.675. The average molecular weight is 371 g/mol. The summed E-state index contributed by atoms with van der Waals surface area (Å²) in [6, 6.07) is 11.2. The number of amides is 1. The number of benzene rings is 1. The van der Waals surface area contributed by atoms with Crippen LogP contribution in [0, 0.1) is 6.92 Å². The Balaban J connectivity index is 1.40. The highest BCUT2D eigenvalue weighted by Gasteiger charge is 2.14. The van der Waals surface area contributed by atoms with Crippen molar-refractivity contribution in [2.75, 3.05) is 56.2 Å². The highest BCUT2D eigenvalue weighted by atomic mass is 16.5. The summed E-state index contributed by atoms with van der Waals surface area (Å²) in [6.45, 7) is 6.00. The first kappa shape index (κ1) is 18.9. The van der Waals surface area contributed by atoms with Gasteiger partial charge in [-0.05, 0) is 19.1 Å². The number of carbonyl (C=O) groups is 1. The SMILES string of the molecule is Cc1cc(N2CCOCC2)nc(NCCNC(=O)COc2ccccc2)n1. The van der Waals surface area contributed by atoms with E-state index in [4.69, 9.17) is 9.47 Å². The summed E-state index contributed by atoms with van der Waals surface area (Å²) in [5, 5.41) is 5.97. The summed E-state index contributed by atoms with van der Waals surface area (Å²) in [5.74, 6) is 1.97. The van der Waals surface area contributed by atoms with Crippen LogP contribution in [0.4, 0.5) is 11.8 Å². The predicted molar refractivity (Wildman–Crippen MR) is 103 cm³/mol. The summed E-state index contributed by atoms with van der Waals surface area (Å²) in [4.78, 5) is 23.0. The van der Waals surface area contributed by atoms with Gasteiger partial charge in [0.2, 0.25) is 5.95 Å². The van der Waals surface area contributed by atoms with Gasteiger partial charge in [0.05, 0.1) is 13.2 Å². The Labute approximate surface area is 158 Å². The summed E-state index contributed by atoms with van der Waals surface area (Å²) in [5.41, 5.74) is 0.897. The zero-order chi connectivity index (χ0) is 18.9. The molecule has 1 aliphatic heterocycles. The number of rotatable bonds is 8. The minimum Gasteiger partial charge on any atom is -0.484 e. The first-order valence-corrected chi connectivity index (χ1v) is 9.07. The highest BCUT2D eigenvalue weighted by molar-refractivity contribution is 5.77. The van der Waals surface area contributed by atoms with Gasteiger partial charge in [-0.3, -0.25) is 4.79 Å². The molecule has 1 fully saturated rings. The number of nitrogens with one attached hydrogen (secondary N) is 2. The molecule has 1 amide bonds. The minimum atomic E-state index is -0.167. The van der Waals surface area contributed by atoms with Crippen LogP contribution in [0.1, 0.15) is 5.69 Å². The lowest BCUT2D eigenvalue weighted by molar-refractivity contribution is -0.123. The number of morpholine rings is 1. The Morgan fingerprint density at radius 2 is 1.96 bits per heavy atom. The third-order valence-electron chi connectivity index (χ3n) is 4.02. The second-order valence-electron chi connectivity index (χ2n) is 6.17. The molecule has 27 heavy (non-hydrogen) atoms. The number of aromatic nitrogens is 2. The topological polar surface area (TPSA) is 88.6 Å². The van der Waals surface area contributed by atoms with Crippen molar-refractivity contribution < 1.29 is 14.3 Å². The standard InChI is InChI=1S/C19H25N5O3/c1-15-13-17(24-9-11-26-12-10-24)23-19(22-15)21-8-7-20-18(25)14-27-16-5-3-2-4-6-16/h2-6,13H,7-12,14H2,1H3,(H,20,25)(H,21,22,23). The molecule has 8 nitrogen and oxygen atoms in total. The maximum absolute atomic E-state index is 11.8. The number of nitrogens with zero attached hydrogens (tertiary/aromatic N) is 3. The summed E-state index contributed by atoms with van der Waals surface area (Å²) >= 11 is 0. The molecule has 0 bridgehead atoms. The minimum absolute atomic E-state index is 0.00780. The largest absolute Gasteiger partial charge is 0.484 e. The van der Waals surface area contributed by atoms with Gasteiger partial charge in [-0.1, -0.05) is 18.2 Å². The number of anilines is 2. The molecule has 1 aliphatic rings. The number of hydrogen-bond acceptors (Lipinski definition) is 7. The normalized spacial score (nSPS) is 13.9. The molecule has 1 aromatic heterocycles. The molecule has 0 radical (unpaired) electrons. The van der Waals surface area contributed by atoms with Gasteiger partial charge in [0.25, 0.3) is 5.91 Å². The third-order valence-corrected chi connectivity index (χ3v) is 4.02. The van der Waals surface area contributed by atoms with Crippen molar-refractivity contribution in [1.29, 1.82) is 0 Å². The van der Waals surface area contributed by atoms with Crippen LogP contribution in [-0.2, 0) is 9.53 Å². The van der Waals surface area contributed by atoms with Crippen LogP contribution in [-0.4, -0.2) is 61.9 Å². The maximum Gasteiger partial charge on any atom is 0.258 e. The molecule has 0 unspecified atom stereocenters. The molecule has 1 saturated heterocycles. The number of ether oxygens (including phenoxy) is 2. The molecule has 8 heteroatoms. The van der Waals surface area contributed by atoms with Crippen LogP contribution >= 0.6 is 0 Å². The summed E-state index contributed by atoms with van der Waals surface area (Å²) in [7, 11) is 0. The van der Waals surface area contributed by atoms with Crippen molar-refractivity contribution in [3.8, 4) is 5.75 Å². The molecule has 2 aromatic rings. The molecular formula is C19H25N5O3. The first-order valence-electron chi connectivity index (χ1n) is 9.07. The highest BCUT2D eigenvalue weighted by Crippen LogP contribution is 2.16. The van der Waals surface area contributed by atoms with Gasteiger partial charge in [-0.2, -0.15) is 4.98 Å². The van der Waals surface area contributed by atoms with Crippen LogP contribution in [0.2, 0.25) is 0 Å². The van der Waals surface area contributed by atoms with Crippen LogP contribution in [0.15, 0.2) is 36.4 Å². The molecule has 0 aliphatic carbocycles. The molecular weight excluding hydrogens is 346 g/mol. The predicted octanol–water partition coefficient (Wildman–Crippen LogP) is 1.23. The summed E-state index contributed by atoms with van der Waals surface area (Å²) < 4.78 is 10.8. The number of aryl methyl sites for hydroxylation is 1. The number of carbonyl (C=O) groups excluding carboxylic acids is 1. The van der Waals surface area contributed by atoms with E-state index in [0.717, 1.165) is 24.6 Å². The molecule has 2 heterocycles. The fourth-order valence-electron chi connectivity index (χ4n) is 2.68. The zero-order valence-corrected chi connectivity index (χ0v) is 15.5. The van der Waals surface area contributed by atoms with Crippen molar-refractivity contribution in [2.45, 2.75) is 6.92 Å². The van der Waals surface area contributed by atoms with Crippen LogP contribution in [0.25, 0.3) is 0 Å². The number of para-hydroxylation sites is 1. The van der Waals surface area contributed by atoms with Crippen molar-refractivity contribution in [2.24, 2.45) is 0 Å². The van der Waals surface area contributed by atoms with Crippen molar-refractivity contribution in [1.82, 2.24) is 15.3 Å². The number of hydrogen-bond donors (Lipinski definition) is 2. The van der Waals surface area contributed by atoms with Crippen molar-refractivity contribution in [3.63, 3.8) is 0 Å². The van der Waals surface area contributed by atoms with Crippen molar-refractivity contribution >= 4 is 17.7 Å². The van der Waals surface area contributed by atoms with Crippen LogP contribution in [0.5, 0.6) is 5.75 Å². The Kier molecular flexibility index (Phi) is 6.81. The van der Waals surface area contributed by atoms with E-state index in [0.29, 0.717) is 38.0 Å². The van der Waals surface area contributed by atoms with Gasteiger partial charge in [0, 0.05) is 37.9 Å². The van der Waals surface area contributed by atoms with Crippen molar-refractivity contribution in [3.05, 3.63) is 42.1 Å². The second-order valence-corrected chi connectivity index (χ2v) is 6.17. The van der Waals surface area contributed by atoms with E-state index in [9.17, 15) is 4.79 Å². The molecule has 144 valence electrons. The first-order chi connectivity index (χ1) is 13.2. The van der Waals surface area contributed by atoms with E-state index in [1.807, 2.05) is 43.3 Å². The van der Waals surface area contributed by atoms with Crippen LogP contribution < -0.4 is 20.3 Å². The smallest absolute Gasteiger partial charge is 0.258 e.